The van der Waals surface area contributed by atoms with Gasteiger partial charge in [-0.15, -0.1) is 0 Å². The second-order valence-corrected chi connectivity index (χ2v) is 7.10. The van der Waals surface area contributed by atoms with Gasteiger partial charge in [0.25, 0.3) is 0 Å². The van der Waals surface area contributed by atoms with Gasteiger partial charge in [-0.3, -0.25) is 4.98 Å². The Balaban J connectivity index is 1.45. The van der Waals surface area contributed by atoms with E-state index in [0.717, 1.165) is 24.5 Å². The summed E-state index contributed by atoms with van der Waals surface area (Å²) >= 11 is 5.42. The molecule has 0 aliphatic carbocycles. The molecule has 0 fully saturated rings. The molecule has 3 aromatic rings. The predicted molar refractivity (Wildman–Crippen MR) is 126 cm³/mol. The van der Waals surface area contributed by atoms with Crippen molar-refractivity contribution in [1.82, 2.24) is 25.6 Å². The number of benzene rings is 1. The number of aromatic nitrogens is 3. The van der Waals surface area contributed by atoms with Crippen LogP contribution in [0.15, 0.2) is 67.4 Å². The summed E-state index contributed by atoms with van der Waals surface area (Å²) in [6, 6.07) is 11.9. The van der Waals surface area contributed by atoms with E-state index in [2.05, 4.69) is 68.3 Å². The van der Waals surface area contributed by atoms with Gasteiger partial charge in [0.15, 0.2) is 0 Å². The first-order chi connectivity index (χ1) is 14.6. The Morgan fingerprint density at radius 1 is 1.00 bits per heavy atom. The molecular formula is C22H25N7S. The molecule has 7 nitrogen and oxygen atoms in total. The summed E-state index contributed by atoms with van der Waals surface area (Å²) < 4.78 is 0. The number of nitrogens with zero attached hydrogens (tertiary/aromatic N) is 3. The maximum Gasteiger partial charge on any atom is 0.227 e. The van der Waals surface area contributed by atoms with Crippen molar-refractivity contribution in [2.24, 2.45) is 0 Å². The van der Waals surface area contributed by atoms with Gasteiger partial charge in [-0.2, -0.15) is 0 Å². The Hall–Kier alpha value is -3.52. The second-order valence-electron chi connectivity index (χ2n) is 6.70. The number of anilines is 3. The fraction of sp³-hybridized carbons (Fsp3) is 0.182. The van der Waals surface area contributed by atoms with E-state index in [4.69, 9.17) is 12.2 Å². The molecule has 2 heterocycles. The van der Waals surface area contributed by atoms with Crippen LogP contribution in [0, 0.1) is 13.8 Å². The Kier molecular flexibility index (Phi) is 7.68. The van der Waals surface area contributed by atoms with Crippen LogP contribution in [0.2, 0.25) is 0 Å². The third-order valence-electron chi connectivity index (χ3n) is 4.04. The van der Waals surface area contributed by atoms with E-state index >= 15 is 0 Å². The van der Waals surface area contributed by atoms with E-state index in [1.165, 1.54) is 11.1 Å². The number of rotatable bonds is 9. The van der Waals surface area contributed by atoms with Crippen LogP contribution in [0.25, 0.3) is 0 Å². The van der Waals surface area contributed by atoms with Gasteiger partial charge in [0.05, 0.1) is 5.69 Å². The zero-order valence-electron chi connectivity index (χ0n) is 17.0. The van der Waals surface area contributed by atoms with Crippen LogP contribution in [-0.2, 0) is 0 Å². The number of pyridine rings is 1. The molecule has 0 amide bonds. The Labute approximate surface area is 182 Å². The van der Waals surface area contributed by atoms with E-state index < -0.39 is 0 Å². The maximum absolute atomic E-state index is 5.42. The van der Waals surface area contributed by atoms with Crippen molar-refractivity contribution in [3.8, 4) is 0 Å². The molecule has 1 aromatic carbocycles. The molecule has 0 saturated heterocycles. The van der Waals surface area contributed by atoms with Gasteiger partial charge < -0.3 is 21.3 Å². The number of hydrogen-bond donors (Lipinski definition) is 4. The van der Waals surface area contributed by atoms with Crippen LogP contribution in [0.3, 0.4) is 0 Å². The molecule has 0 unspecified atom stereocenters. The highest BCUT2D eigenvalue weighted by molar-refractivity contribution is 7.80. The topological polar surface area (TPSA) is 86.8 Å². The molecule has 3 rings (SSSR count). The lowest BCUT2D eigenvalue weighted by molar-refractivity contribution is 0.863. The summed E-state index contributed by atoms with van der Waals surface area (Å²) in [5.74, 6) is 0.505. The van der Waals surface area contributed by atoms with Crippen LogP contribution in [-0.4, -0.2) is 33.0 Å². The monoisotopic (exact) mass is 419 g/mol. The van der Waals surface area contributed by atoms with Crippen molar-refractivity contribution in [1.29, 1.82) is 0 Å². The SMILES string of the molecule is Cc1cc(C)cc(Nc2nccc(C(=S)N/C=C/NCCNc3cccnc3)n2)c1. The average Bonchev–Trinajstić information content (AvgIpc) is 2.73. The summed E-state index contributed by atoms with van der Waals surface area (Å²) in [6.45, 7) is 5.66. The molecule has 0 bridgehead atoms. The van der Waals surface area contributed by atoms with Gasteiger partial charge in [0, 0.05) is 49.8 Å². The molecule has 0 atom stereocenters. The molecule has 0 radical (unpaired) electrons. The number of thiocarbonyl (C=S) groups is 1. The summed E-state index contributed by atoms with van der Waals surface area (Å²) in [5.41, 5.74) is 4.96. The molecule has 30 heavy (non-hydrogen) atoms. The zero-order chi connectivity index (χ0) is 21.2. The average molecular weight is 420 g/mol. The molecule has 154 valence electrons. The standard InChI is InChI=1S/C22H25N7S/c1-16-12-17(2)14-19(13-16)28-22-27-7-5-20(29-22)21(30)26-11-9-23-8-10-25-18-4-3-6-24-15-18/h3-7,9,11-15,23,25H,8,10H2,1-2H3,(H,26,30)(H,27,28,29)/b11-9+. The lowest BCUT2D eigenvalue weighted by Crippen LogP contribution is -2.21. The van der Waals surface area contributed by atoms with E-state index in [0.29, 0.717) is 16.6 Å². The van der Waals surface area contributed by atoms with Crippen LogP contribution < -0.4 is 21.3 Å². The van der Waals surface area contributed by atoms with Crippen molar-refractivity contribution in [2.75, 3.05) is 23.7 Å². The minimum Gasteiger partial charge on any atom is -0.388 e. The highest BCUT2D eigenvalue weighted by Gasteiger charge is 2.05. The van der Waals surface area contributed by atoms with Crippen LogP contribution in [0.1, 0.15) is 16.8 Å². The van der Waals surface area contributed by atoms with Crippen molar-refractivity contribution in [3.63, 3.8) is 0 Å². The lowest BCUT2D eigenvalue weighted by atomic mass is 10.1. The first kappa shape index (κ1) is 21.2. The van der Waals surface area contributed by atoms with E-state index in [1.54, 1.807) is 30.9 Å². The van der Waals surface area contributed by atoms with Gasteiger partial charge in [-0.05, 0) is 55.3 Å². The van der Waals surface area contributed by atoms with Gasteiger partial charge >= 0.3 is 0 Å². The summed E-state index contributed by atoms with van der Waals surface area (Å²) in [7, 11) is 0. The molecule has 0 saturated carbocycles. The molecule has 0 spiro atoms. The quantitative estimate of drug-likeness (QED) is 0.309. The first-order valence-electron chi connectivity index (χ1n) is 9.62. The molecule has 0 aliphatic heterocycles. The van der Waals surface area contributed by atoms with Gasteiger partial charge in [-0.1, -0.05) is 18.3 Å². The fourth-order valence-corrected chi connectivity index (χ4v) is 2.98. The second kappa shape index (κ2) is 10.9. The molecule has 2 aromatic heterocycles. The van der Waals surface area contributed by atoms with Crippen molar-refractivity contribution >= 4 is 34.5 Å². The third-order valence-corrected chi connectivity index (χ3v) is 4.37. The predicted octanol–water partition coefficient (Wildman–Crippen LogP) is 3.67. The fourth-order valence-electron chi connectivity index (χ4n) is 2.80. The smallest absolute Gasteiger partial charge is 0.227 e. The van der Waals surface area contributed by atoms with Crippen LogP contribution >= 0.6 is 12.2 Å². The maximum atomic E-state index is 5.42. The van der Waals surface area contributed by atoms with E-state index in [9.17, 15) is 0 Å². The van der Waals surface area contributed by atoms with E-state index in [-0.39, 0.29) is 0 Å². The molecule has 4 N–H and O–H groups in total. The van der Waals surface area contributed by atoms with E-state index in [1.807, 2.05) is 18.3 Å². The largest absolute Gasteiger partial charge is 0.388 e. The minimum absolute atomic E-state index is 0.505. The summed E-state index contributed by atoms with van der Waals surface area (Å²) in [4.78, 5) is 13.4. The van der Waals surface area contributed by atoms with Gasteiger partial charge in [0.2, 0.25) is 5.95 Å². The Morgan fingerprint density at radius 3 is 2.60 bits per heavy atom. The number of aryl methyl sites for hydroxylation is 2. The van der Waals surface area contributed by atoms with Gasteiger partial charge in [0.1, 0.15) is 10.7 Å². The number of nitrogens with one attached hydrogen (secondary N) is 4. The molecular weight excluding hydrogens is 394 g/mol. The summed E-state index contributed by atoms with van der Waals surface area (Å²) in [6.07, 6.45) is 8.80. The van der Waals surface area contributed by atoms with Crippen molar-refractivity contribution in [3.05, 3.63) is 84.2 Å². The molecule has 0 aliphatic rings. The highest BCUT2D eigenvalue weighted by Crippen LogP contribution is 2.17. The van der Waals surface area contributed by atoms with Crippen molar-refractivity contribution < 1.29 is 0 Å². The van der Waals surface area contributed by atoms with Crippen LogP contribution in [0.5, 0.6) is 0 Å². The van der Waals surface area contributed by atoms with Crippen LogP contribution in [0.4, 0.5) is 17.3 Å². The lowest BCUT2D eigenvalue weighted by Gasteiger charge is -2.09. The van der Waals surface area contributed by atoms with Crippen molar-refractivity contribution in [2.45, 2.75) is 13.8 Å². The van der Waals surface area contributed by atoms with Gasteiger partial charge in [-0.25, -0.2) is 9.97 Å². The summed E-state index contributed by atoms with van der Waals surface area (Å²) in [5, 5.41) is 12.8. The Bertz CT molecular complexity index is 985. The number of hydrogen-bond acceptors (Lipinski definition) is 7. The zero-order valence-corrected chi connectivity index (χ0v) is 17.8. The highest BCUT2D eigenvalue weighted by atomic mass is 32.1. The third kappa shape index (κ3) is 6.82. The normalized spacial score (nSPS) is 10.6. The first-order valence-corrected chi connectivity index (χ1v) is 10.0. The Morgan fingerprint density at radius 2 is 1.83 bits per heavy atom. The minimum atomic E-state index is 0.505. The molecule has 8 heteroatoms.